The Hall–Kier alpha value is -0.570. The number of hydrogen-bond acceptors (Lipinski definition) is 1. The molecule has 3 heteroatoms. The SMILES string of the molecule is CCCCCCCCCCC[N+](C)(C)C(=NC)N(C)C. The summed E-state index contributed by atoms with van der Waals surface area (Å²) in [5.41, 5.74) is 0. The van der Waals surface area contributed by atoms with Crippen LogP contribution in [0.25, 0.3) is 0 Å². The van der Waals surface area contributed by atoms with Crippen LogP contribution in [0.2, 0.25) is 0 Å². The van der Waals surface area contributed by atoms with Crippen molar-refractivity contribution in [3.05, 3.63) is 0 Å². The van der Waals surface area contributed by atoms with Gasteiger partial charge in [0.2, 0.25) is 0 Å². The molecule has 0 aliphatic carbocycles. The highest BCUT2D eigenvalue weighted by Gasteiger charge is 2.24. The lowest BCUT2D eigenvalue weighted by atomic mass is 10.1. The first-order chi connectivity index (χ1) is 9.45. The van der Waals surface area contributed by atoms with E-state index in [-0.39, 0.29) is 0 Å². The van der Waals surface area contributed by atoms with Crippen LogP contribution in [-0.2, 0) is 0 Å². The summed E-state index contributed by atoms with van der Waals surface area (Å²) in [6.07, 6.45) is 12.5. The zero-order valence-corrected chi connectivity index (χ0v) is 14.9. The van der Waals surface area contributed by atoms with Crippen LogP contribution in [0, 0.1) is 0 Å². The van der Waals surface area contributed by atoms with Crippen LogP contribution in [0.1, 0.15) is 64.7 Å². The second-order valence-electron chi connectivity index (χ2n) is 6.66. The van der Waals surface area contributed by atoms with Crippen molar-refractivity contribution in [3.63, 3.8) is 0 Å². The summed E-state index contributed by atoms with van der Waals surface area (Å²) in [5.74, 6) is 1.16. The topological polar surface area (TPSA) is 15.6 Å². The third kappa shape index (κ3) is 8.57. The molecule has 0 rings (SSSR count). The Bertz CT molecular complexity index is 257. The minimum absolute atomic E-state index is 0.889. The van der Waals surface area contributed by atoms with E-state index in [1.165, 1.54) is 64.3 Å². The van der Waals surface area contributed by atoms with Crippen molar-refractivity contribution >= 4 is 5.96 Å². The third-order valence-electron chi connectivity index (χ3n) is 3.96. The molecule has 0 saturated heterocycles. The zero-order valence-electron chi connectivity index (χ0n) is 14.9. The lowest BCUT2D eigenvalue weighted by molar-refractivity contribution is -0.805. The van der Waals surface area contributed by atoms with Crippen molar-refractivity contribution in [2.75, 3.05) is 41.8 Å². The van der Waals surface area contributed by atoms with E-state index in [2.05, 4.69) is 45.0 Å². The second kappa shape index (κ2) is 11.1. The summed E-state index contributed by atoms with van der Waals surface area (Å²) in [5, 5.41) is 0. The smallest absolute Gasteiger partial charge is 0.299 e. The van der Waals surface area contributed by atoms with Crippen LogP contribution < -0.4 is 0 Å². The second-order valence-corrected chi connectivity index (χ2v) is 6.66. The molecule has 0 aromatic heterocycles. The highest BCUT2D eigenvalue weighted by Crippen LogP contribution is 2.12. The first-order valence-electron chi connectivity index (χ1n) is 8.43. The van der Waals surface area contributed by atoms with E-state index < -0.39 is 0 Å². The number of guanidine groups is 1. The molecule has 0 aromatic carbocycles. The number of aliphatic imine (C=N–C) groups is 1. The molecule has 3 nitrogen and oxygen atoms in total. The number of nitrogens with zero attached hydrogens (tertiary/aromatic N) is 3. The standard InChI is InChI=1S/C17H38N3/c1-7-8-9-10-11-12-13-14-15-16-20(5,6)17(18-2)19(3)4/h7-16H2,1-6H3/q+1. The van der Waals surface area contributed by atoms with Gasteiger partial charge in [0.25, 0.3) is 5.96 Å². The van der Waals surface area contributed by atoms with E-state index >= 15 is 0 Å². The Morgan fingerprint density at radius 3 is 1.70 bits per heavy atom. The maximum absolute atomic E-state index is 4.43. The summed E-state index contributed by atoms with van der Waals surface area (Å²) in [6.45, 7) is 3.46. The molecular weight excluding hydrogens is 246 g/mol. The van der Waals surface area contributed by atoms with Gasteiger partial charge in [-0.15, -0.1) is 0 Å². The first-order valence-corrected chi connectivity index (χ1v) is 8.43. The number of rotatable bonds is 10. The number of quaternary nitrogens is 1. The van der Waals surface area contributed by atoms with E-state index in [1.54, 1.807) is 0 Å². The number of unbranched alkanes of at least 4 members (excludes halogenated alkanes) is 8. The van der Waals surface area contributed by atoms with Crippen molar-refractivity contribution in [2.45, 2.75) is 64.7 Å². The molecule has 0 N–H and O–H groups in total. The fourth-order valence-electron chi connectivity index (χ4n) is 2.93. The molecule has 0 radical (unpaired) electrons. The highest BCUT2D eigenvalue weighted by atomic mass is 15.5. The van der Waals surface area contributed by atoms with Crippen LogP contribution in [0.3, 0.4) is 0 Å². The Labute approximate surface area is 127 Å². The van der Waals surface area contributed by atoms with Gasteiger partial charge in [-0.1, -0.05) is 51.9 Å². The minimum Gasteiger partial charge on any atom is -0.317 e. The van der Waals surface area contributed by atoms with Gasteiger partial charge >= 0.3 is 0 Å². The minimum atomic E-state index is 0.889. The molecule has 0 aromatic rings. The average Bonchev–Trinajstić information content (AvgIpc) is 2.36. The van der Waals surface area contributed by atoms with Crippen LogP contribution in [0.4, 0.5) is 0 Å². The normalized spacial score (nSPS) is 12.8. The number of hydrogen-bond donors (Lipinski definition) is 0. The van der Waals surface area contributed by atoms with Gasteiger partial charge in [0, 0.05) is 21.1 Å². The molecule has 0 bridgehead atoms. The van der Waals surface area contributed by atoms with E-state index in [0.717, 1.165) is 10.4 Å². The third-order valence-corrected chi connectivity index (χ3v) is 3.96. The predicted octanol–water partition coefficient (Wildman–Crippen LogP) is 4.14. The van der Waals surface area contributed by atoms with Crippen LogP contribution >= 0.6 is 0 Å². The molecule has 0 amide bonds. The molecule has 0 heterocycles. The first kappa shape index (κ1) is 19.4. The molecular formula is C17H38N3+. The Balaban J connectivity index is 3.68. The van der Waals surface area contributed by atoms with Gasteiger partial charge in [-0.05, 0) is 12.8 Å². The van der Waals surface area contributed by atoms with E-state index in [0.29, 0.717) is 0 Å². The van der Waals surface area contributed by atoms with Gasteiger partial charge in [0.15, 0.2) is 0 Å². The van der Waals surface area contributed by atoms with E-state index in [9.17, 15) is 0 Å². The van der Waals surface area contributed by atoms with E-state index in [4.69, 9.17) is 0 Å². The van der Waals surface area contributed by atoms with E-state index in [1.807, 2.05) is 7.05 Å². The van der Waals surface area contributed by atoms with Gasteiger partial charge in [0.1, 0.15) is 0 Å². The van der Waals surface area contributed by atoms with Gasteiger partial charge in [-0.2, -0.15) is 0 Å². The summed E-state index contributed by atoms with van der Waals surface area (Å²) in [7, 11) is 10.6. The molecule has 0 atom stereocenters. The molecule has 0 spiro atoms. The molecule has 20 heavy (non-hydrogen) atoms. The van der Waals surface area contributed by atoms with Crippen molar-refractivity contribution < 1.29 is 4.48 Å². The summed E-state index contributed by atoms with van der Waals surface area (Å²) >= 11 is 0. The fourth-order valence-corrected chi connectivity index (χ4v) is 2.93. The van der Waals surface area contributed by atoms with Crippen LogP contribution in [0.5, 0.6) is 0 Å². The van der Waals surface area contributed by atoms with Crippen molar-refractivity contribution in [1.29, 1.82) is 0 Å². The Morgan fingerprint density at radius 2 is 1.30 bits per heavy atom. The Morgan fingerprint density at radius 1 is 0.850 bits per heavy atom. The summed E-state index contributed by atoms with van der Waals surface area (Å²) < 4.78 is 0.889. The predicted molar refractivity (Wildman–Crippen MR) is 91.2 cm³/mol. The molecule has 0 unspecified atom stereocenters. The Kier molecular flexibility index (Phi) is 10.8. The molecule has 0 fully saturated rings. The molecule has 0 aliphatic heterocycles. The quantitative estimate of drug-likeness (QED) is 0.255. The largest absolute Gasteiger partial charge is 0.317 e. The van der Waals surface area contributed by atoms with Gasteiger partial charge in [0.05, 0.1) is 20.6 Å². The zero-order chi connectivity index (χ0) is 15.4. The van der Waals surface area contributed by atoms with Gasteiger partial charge in [-0.25, -0.2) is 4.99 Å². The van der Waals surface area contributed by atoms with Crippen LogP contribution in [-0.4, -0.2) is 57.1 Å². The van der Waals surface area contributed by atoms with Crippen LogP contribution in [0.15, 0.2) is 4.99 Å². The maximum Gasteiger partial charge on any atom is 0.299 e. The maximum atomic E-state index is 4.43. The van der Waals surface area contributed by atoms with Gasteiger partial charge < -0.3 is 4.90 Å². The molecule has 0 saturated carbocycles. The van der Waals surface area contributed by atoms with Gasteiger partial charge in [-0.3, -0.25) is 4.48 Å². The van der Waals surface area contributed by atoms with Crippen molar-refractivity contribution in [2.24, 2.45) is 4.99 Å². The van der Waals surface area contributed by atoms with Crippen molar-refractivity contribution in [1.82, 2.24) is 4.90 Å². The molecule has 0 aliphatic rings. The average molecular weight is 285 g/mol. The molecule has 120 valence electrons. The monoisotopic (exact) mass is 284 g/mol. The lowest BCUT2D eigenvalue weighted by Crippen LogP contribution is -2.52. The summed E-state index contributed by atoms with van der Waals surface area (Å²) in [6, 6.07) is 0. The summed E-state index contributed by atoms with van der Waals surface area (Å²) in [4.78, 5) is 6.56. The van der Waals surface area contributed by atoms with Crippen molar-refractivity contribution in [3.8, 4) is 0 Å². The fraction of sp³-hybridized carbons (Fsp3) is 0.941. The lowest BCUT2D eigenvalue weighted by Gasteiger charge is -2.33. The highest BCUT2D eigenvalue weighted by molar-refractivity contribution is 5.72.